The number of aromatic amines is 1. The molecule has 0 fully saturated rings. The van der Waals surface area contributed by atoms with E-state index in [1.54, 1.807) is 12.1 Å². The maximum atomic E-state index is 11.5. The number of benzene rings is 2. The minimum atomic E-state index is 0.573. The van der Waals surface area contributed by atoms with Gasteiger partial charge in [-0.2, -0.15) is 0 Å². The van der Waals surface area contributed by atoms with Crippen LogP contribution in [-0.2, 0) is 0 Å². The normalized spacial score (nSPS) is 10.9. The predicted molar refractivity (Wildman–Crippen MR) is 83.9 cm³/mol. The van der Waals surface area contributed by atoms with E-state index < -0.39 is 0 Å². The smallest absolute Gasteiger partial charge is 0.152 e. The van der Waals surface area contributed by atoms with Crippen molar-refractivity contribution in [3.05, 3.63) is 57.6 Å². The number of aromatic nitrogens is 1. The van der Waals surface area contributed by atoms with Crippen LogP contribution in [0.4, 0.5) is 0 Å². The zero-order valence-electron chi connectivity index (χ0n) is 10.7. The Morgan fingerprint density at radius 2 is 1.75 bits per heavy atom. The van der Waals surface area contributed by atoms with E-state index in [4.69, 9.17) is 23.2 Å². The SMILES string of the molecule is Cc1ccc(Cl)c2c(C=O)c(-c3ccc(Cl)cc3)[nH]c12. The second kappa shape index (κ2) is 4.97. The van der Waals surface area contributed by atoms with Crippen molar-refractivity contribution in [2.75, 3.05) is 0 Å². The minimum absolute atomic E-state index is 0.573. The number of aldehydes is 1. The van der Waals surface area contributed by atoms with Crippen molar-refractivity contribution in [3.8, 4) is 11.3 Å². The molecule has 0 radical (unpaired) electrons. The molecule has 2 nitrogen and oxygen atoms in total. The van der Waals surface area contributed by atoms with Crippen LogP contribution in [-0.4, -0.2) is 11.3 Å². The van der Waals surface area contributed by atoms with Gasteiger partial charge >= 0.3 is 0 Å². The highest BCUT2D eigenvalue weighted by molar-refractivity contribution is 6.37. The predicted octanol–water partition coefficient (Wildman–Crippen LogP) is 5.26. The lowest BCUT2D eigenvalue weighted by Crippen LogP contribution is -1.84. The van der Waals surface area contributed by atoms with Crippen LogP contribution >= 0.6 is 23.2 Å². The van der Waals surface area contributed by atoms with Crippen LogP contribution in [0.5, 0.6) is 0 Å². The van der Waals surface area contributed by atoms with Crippen LogP contribution in [0.3, 0.4) is 0 Å². The molecule has 0 spiro atoms. The molecular formula is C16H11Cl2NO. The van der Waals surface area contributed by atoms with E-state index >= 15 is 0 Å². The summed E-state index contributed by atoms with van der Waals surface area (Å²) in [4.78, 5) is 14.8. The van der Waals surface area contributed by atoms with Gasteiger partial charge in [0.2, 0.25) is 0 Å². The molecule has 100 valence electrons. The van der Waals surface area contributed by atoms with Crippen LogP contribution in [0.15, 0.2) is 36.4 Å². The van der Waals surface area contributed by atoms with Crippen molar-refractivity contribution in [2.24, 2.45) is 0 Å². The third-order valence-corrected chi connectivity index (χ3v) is 3.97. The van der Waals surface area contributed by atoms with E-state index in [1.165, 1.54) is 0 Å². The number of carbonyl (C=O) groups is 1. The number of H-pyrrole nitrogens is 1. The molecule has 0 aliphatic carbocycles. The first-order valence-electron chi connectivity index (χ1n) is 6.13. The van der Waals surface area contributed by atoms with Crippen molar-refractivity contribution in [1.29, 1.82) is 0 Å². The van der Waals surface area contributed by atoms with Crippen LogP contribution in [0, 0.1) is 6.92 Å². The molecule has 0 unspecified atom stereocenters. The van der Waals surface area contributed by atoms with Gasteiger partial charge in [0, 0.05) is 16.0 Å². The molecule has 0 amide bonds. The number of halogens is 2. The van der Waals surface area contributed by atoms with E-state index in [9.17, 15) is 4.79 Å². The maximum Gasteiger partial charge on any atom is 0.152 e. The summed E-state index contributed by atoms with van der Waals surface area (Å²) in [7, 11) is 0. The number of carbonyl (C=O) groups excluding carboxylic acids is 1. The number of nitrogens with one attached hydrogen (secondary N) is 1. The van der Waals surface area contributed by atoms with Crippen LogP contribution in [0.2, 0.25) is 10.0 Å². The molecular weight excluding hydrogens is 293 g/mol. The summed E-state index contributed by atoms with van der Waals surface area (Å²) < 4.78 is 0. The number of hydrogen-bond donors (Lipinski definition) is 1. The molecule has 3 aromatic rings. The van der Waals surface area contributed by atoms with E-state index in [0.29, 0.717) is 15.6 Å². The zero-order valence-corrected chi connectivity index (χ0v) is 12.2. The van der Waals surface area contributed by atoms with Crippen molar-refractivity contribution in [3.63, 3.8) is 0 Å². The Labute approximate surface area is 126 Å². The molecule has 0 bridgehead atoms. The Balaban J connectivity index is 2.36. The van der Waals surface area contributed by atoms with Gasteiger partial charge in [-0.25, -0.2) is 0 Å². The van der Waals surface area contributed by atoms with Crippen LogP contribution in [0.25, 0.3) is 22.2 Å². The first-order valence-corrected chi connectivity index (χ1v) is 6.89. The van der Waals surface area contributed by atoms with Crippen molar-refractivity contribution < 1.29 is 4.79 Å². The van der Waals surface area contributed by atoms with E-state index in [2.05, 4.69) is 4.98 Å². The Morgan fingerprint density at radius 1 is 1.05 bits per heavy atom. The lowest BCUT2D eigenvalue weighted by molar-refractivity contribution is 0.112. The highest BCUT2D eigenvalue weighted by Crippen LogP contribution is 2.35. The lowest BCUT2D eigenvalue weighted by atomic mass is 10.1. The molecule has 0 saturated carbocycles. The number of fused-ring (bicyclic) bond motifs is 1. The van der Waals surface area contributed by atoms with Crippen LogP contribution < -0.4 is 0 Å². The fraction of sp³-hybridized carbons (Fsp3) is 0.0625. The Bertz CT molecular complexity index is 803. The molecule has 3 rings (SSSR count). The van der Waals surface area contributed by atoms with Gasteiger partial charge in [0.05, 0.1) is 16.2 Å². The second-order valence-corrected chi connectivity index (χ2v) is 5.50. The summed E-state index contributed by atoms with van der Waals surface area (Å²) >= 11 is 12.1. The van der Waals surface area contributed by atoms with Gasteiger partial charge in [0.1, 0.15) is 0 Å². The molecule has 0 aliphatic heterocycles. The Kier molecular flexibility index (Phi) is 3.28. The van der Waals surface area contributed by atoms with E-state index in [0.717, 1.165) is 34.0 Å². The molecule has 0 aliphatic rings. The number of hydrogen-bond acceptors (Lipinski definition) is 1. The van der Waals surface area contributed by atoms with Crippen molar-refractivity contribution >= 4 is 40.4 Å². The topological polar surface area (TPSA) is 32.9 Å². The molecule has 1 N–H and O–H groups in total. The van der Waals surface area contributed by atoms with Gasteiger partial charge in [-0.3, -0.25) is 4.79 Å². The largest absolute Gasteiger partial charge is 0.354 e. The first kappa shape index (κ1) is 13.2. The first-order chi connectivity index (χ1) is 9.61. The fourth-order valence-electron chi connectivity index (χ4n) is 2.39. The van der Waals surface area contributed by atoms with E-state index in [-0.39, 0.29) is 0 Å². The van der Waals surface area contributed by atoms with Gasteiger partial charge in [-0.1, -0.05) is 41.4 Å². The zero-order chi connectivity index (χ0) is 14.3. The molecule has 0 atom stereocenters. The molecule has 20 heavy (non-hydrogen) atoms. The maximum absolute atomic E-state index is 11.5. The highest BCUT2D eigenvalue weighted by atomic mass is 35.5. The average Bonchev–Trinajstić information content (AvgIpc) is 2.84. The molecule has 1 heterocycles. The molecule has 0 saturated heterocycles. The Hall–Kier alpha value is -1.77. The second-order valence-electron chi connectivity index (χ2n) is 4.65. The number of aryl methyl sites for hydroxylation is 1. The summed E-state index contributed by atoms with van der Waals surface area (Å²) in [6.45, 7) is 1.98. The average molecular weight is 304 g/mol. The van der Waals surface area contributed by atoms with Gasteiger partial charge in [-0.05, 0) is 36.2 Å². The molecule has 4 heteroatoms. The Morgan fingerprint density at radius 3 is 2.40 bits per heavy atom. The fourth-order valence-corrected chi connectivity index (χ4v) is 2.77. The van der Waals surface area contributed by atoms with Gasteiger partial charge in [-0.15, -0.1) is 0 Å². The standard InChI is InChI=1S/C16H11Cl2NO/c1-9-2-7-13(18)14-12(8-20)16(19-15(9)14)10-3-5-11(17)6-4-10/h2-8,19H,1H3. The highest BCUT2D eigenvalue weighted by Gasteiger charge is 2.16. The third-order valence-electron chi connectivity index (χ3n) is 3.40. The summed E-state index contributed by atoms with van der Waals surface area (Å²) in [6, 6.07) is 11.1. The van der Waals surface area contributed by atoms with Crippen molar-refractivity contribution in [1.82, 2.24) is 4.98 Å². The van der Waals surface area contributed by atoms with Gasteiger partial charge in [0.15, 0.2) is 6.29 Å². The third kappa shape index (κ3) is 2.01. The summed E-state index contributed by atoms with van der Waals surface area (Å²) in [5, 5.41) is 2.00. The monoisotopic (exact) mass is 303 g/mol. The quantitative estimate of drug-likeness (QED) is 0.643. The molecule has 2 aromatic carbocycles. The van der Waals surface area contributed by atoms with Crippen molar-refractivity contribution in [2.45, 2.75) is 6.92 Å². The van der Waals surface area contributed by atoms with Gasteiger partial charge < -0.3 is 4.98 Å². The summed E-state index contributed by atoms with van der Waals surface area (Å²) in [5.74, 6) is 0. The van der Waals surface area contributed by atoms with Crippen LogP contribution in [0.1, 0.15) is 15.9 Å². The minimum Gasteiger partial charge on any atom is -0.354 e. The summed E-state index contributed by atoms with van der Waals surface area (Å²) in [5.41, 5.74) is 4.19. The van der Waals surface area contributed by atoms with Gasteiger partial charge in [0.25, 0.3) is 0 Å². The number of rotatable bonds is 2. The van der Waals surface area contributed by atoms with E-state index in [1.807, 2.05) is 31.2 Å². The summed E-state index contributed by atoms with van der Waals surface area (Å²) in [6.07, 6.45) is 0.841. The molecule has 1 aromatic heterocycles. The lowest BCUT2D eigenvalue weighted by Gasteiger charge is -2.00.